The first-order chi connectivity index (χ1) is 19.1. The topological polar surface area (TPSA) is 125 Å². The van der Waals surface area contributed by atoms with Crippen LogP contribution < -0.4 is 10.6 Å². The van der Waals surface area contributed by atoms with Crippen LogP contribution in [0.25, 0.3) is 11.2 Å². The zero-order chi connectivity index (χ0) is 28.4. The van der Waals surface area contributed by atoms with Crippen LogP contribution in [0.2, 0.25) is 0 Å². The molecular formula is C28H29F3N6O3. The number of carbonyl (C=O) groups is 1. The standard InChI is InChI=1S/C28H29F3N6O3/c1-16(18-8-5-9-18)32-23-22-24(35-25(34-23)26(39)40)36-27(33-21(15-38)19-6-3-2-4-7-19)37(22)14-17-10-12-20(13-11-17)28(29,30)31/h2-4,6-7,10-13,16,18,21,38H,5,8-9,14-15H2,1H3,(H,39,40)(H2,32,33,34,35,36). The van der Waals surface area contributed by atoms with Gasteiger partial charge in [0, 0.05) is 6.04 Å². The lowest BCUT2D eigenvalue weighted by Gasteiger charge is -2.32. The second-order valence-corrected chi connectivity index (χ2v) is 10.0. The number of aromatic nitrogens is 4. The maximum absolute atomic E-state index is 13.2. The van der Waals surface area contributed by atoms with Gasteiger partial charge in [-0.3, -0.25) is 0 Å². The molecule has 0 amide bonds. The molecule has 0 aliphatic heterocycles. The number of imidazole rings is 1. The number of carboxylic acid groups (broad SMARTS) is 1. The zero-order valence-corrected chi connectivity index (χ0v) is 21.7. The number of aliphatic hydroxyl groups is 1. The molecule has 4 N–H and O–H groups in total. The van der Waals surface area contributed by atoms with E-state index in [-0.39, 0.29) is 36.6 Å². The Balaban J connectivity index is 1.62. The van der Waals surface area contributed by atoms with Crippen LogP contribution in [0.3, 0.4) is 0 Å². The summed E-state index contributed by atoms with van der Waals surface area (Å²) in [7, 11) is 0. The average molecular weight is 555 g/mol. The van der Waals surface area contributed by atoms with Gasteiger partial charge >= 0.3 is 12.1 Å². The molecule has 2 heterocycles. The molecule has 12 heteroatoms. The lowest BCUT2D eigenvalue weighted by Crippen LogP contribution is -2.31. The van der Waals surface area contributed by atoms with Gasteiger partial charge in [0.15, 0.2) is 11.5 Å². The first-order valence-electron chi connectivity index (χ1n) is 13.0. The Kier molecular flexibility index (Phi) is 7.61. The first kappa shape index (κ1) is 27.4. The lowest BCUT2D eigenvalue weighted by atomic mass is 9.80. The van der Waals surface area contributed by atoms with E-state index in [1.165, 1.54) is 12.1 Å². The van der Waals surface area contributed by atoms with Crippen molar-refractivity contribution in [2.75, 3.05) is 17.2 Å². The Morgan fingerprint density at radius 2 is 1.75 bits per heavy atom. The van der Waals surface area contributed by atoms with E-state index < -0.39 is 29.6 Å². The van der Waals surface area contributed by atoms with Crippen LogP contribution in [-0.2, 0) is 12.7 Å². The molecule has 5 rings (SSSR count). The van der Waals surface area contributed by atoms with E-state index in [2.05, 4.69) is 25.6 Å². The van der Waals surface area contributed by atoms with Crippen molar-refractivity contribution in [2.45, 2.75) is 51.0 Å². The van der Waals surface area contributed by atoms with Crippen LogP contribution in [0.15, 0.2) is 54.6 Å². The van der Waals surface area contributed by atoms with E-state index in [1.807, 2.05) is 37.3 Å². The fourth-order valence-corrected chi connectivity index (χ4v) is 4.83. The molecule has 2 aromatic heterocycles. The SMILES string of the molecule is CC(Nc1nc(C(=O)O)nc2nc(NC(CO)c3ccccc3)n(Cc3ccc(C(F)(F)F)cc3)c12)C1CCC1. The number of hydrogen-bond donors (Lipinski definition) is 4. The molecule has 1 aliphatic rings. The van der Waals surface area contributed by atoms with Crippen LogP contribution in [0.5, 0.6) is 0 Å². The lowest BCUT2D eigenvalue weighted by molar-refractivity contribution is -0.137. The summed E-state index contributed by atoms with van der Waals surface area (Å²) in [6.07, 6.45) is -1.26. The van der Waals surface area contributed by atoms with Crippen molar-refractivity contribution in [3.05, 3.63) is 77.1 Å². The number of carboxylic acids is 1. The molecule has 2 aromatic carbocycles. The summed E-state index contributed by atoms with van der Waals surface area (Å²) in [5.41, 5.74) is 1.09. The maximum atomic E-state index is 13.2. The van der Waals surface area contributed by atoms with Gasteiger partial charge in [0.1, 0.15) is 5.52 Å². The van der Waals surface area contributed by atoms with E-state index in [0.29, 0.717) is 17.0 Å². The van der Waals surface area contributed by atoms with Gasteiger partial charge in [-0.15, -0.1) is 0 Å². The molecule has 0 saturated heterocycles. The van der Waals surface area contributed by atoms with Gasteiger partial charge in [0.2, 0.25) is 11.8 Å². The molecule has 2 atom stereocenters. The summed E-state index contributed by atoms with van der Waals surface area (Å²) in [6.45, 7) is 1.82. The smallest absolute Gasteiger partial charge is 0.416 e. The zero-order valence-electron chi connectivity index (χ0n) is 21.7. The van der Waals surface area contributed by atoms with E-state index in [1.54, 1.807) is 4.57 Å². The third kappa shape index (κ3) is 5.71. The molecule has 0 spiro atoms. The molecule has 40 heavy (non-hydrogen) atoms. The van der Waals surface area contributed by atoms with Crippen LogP contribution in [-0.4, -0.2) is 48.4 Å². The van der Waals surface area contributed by atoms with E-state index in [4.69, 9.17) is 0 Å². The first-order valence-corrected chi connectivity index (χ1v) is 13.0. The Bertz CT molecular complexity index is 1490. The quantitative estimate of drug-likeness (QED) is 0.207. The van der Waals surface area contributed by atoms with Crippen molar-refractivity contribution in [3.63, 3.8) is 0 Å². The fourth-order valence-electron chi connectivity index (χ4n) is 4.83. The van der Waals surface area contributed by atoms with Crippen LogP contribution in [0, 0.1) is 5.92 Å². The minimum atomic E-state index is -4.47. The minimum absolute atomic E-state index is 0.00571. The van der Waals surface area contributed by atoms with Gasteiger partial charge in [0.25, 0.3) is 0 Å². The number of benzene rings is 2. The van der Waals surface area contributed by atoms with Gasteiger partial charge in [-0.1, -0.05) is 48.9 Å². The number of aromatic carboxylic acids is 1. The van der Waals surface area contributed by atoms with Crippen molar-refractivity contribution in [2.24, 2.45) is 5.92 Å². The van der Waals surface area contributed by atoms with Crippen molar-refractivity contribution in [3.8, 4) is 0 Å². The Labute approximate surface area is 228 Å². The molecule has 0 bridgehead atoms. The van der Waals surface area contributed by atoms with Gasteiger partial charge in [0.05, 0.1) is 24.8 Å². The second kappa shape index (κ2) is 11.1. The molecule has 4 aromatic rings. The predicted molar refractivity (Wildman–Crippen MR) is 143 cm³/mol. The average Bonchev–Trinajstić information content (AvgIpc) is 3.23. The van der Waals surface area contributed by atoms with Gasteiger partial charge in [-0.2, -0.15) is 18.2 Å². The predicted octanol–water partition coefficient (Wildman–Crippen LogP) is 5.34. The molecule has 2 unspecified atom stereocenters. The van der Waals surface area contributed by atoms with Crippen molar-refractivity contribution in [1.29, 1.82) is 0 Å². The Hall–Kier alpha value is -4.19. The molecule has 0 radical (unpaired) electrons. The second-order valence-electron chi connectivity index (χ2n) is 10.0. The molecule has 9 nitrogen and oxygen atoms in total. The molecule has 1 aliphatic carbocycles. The normalized spacial score (nSPS) is 15.4. The Morgan fingerprint density at radius 3 is 2.33 bits per heavy atom. The highest BCUT2D eigenvalue weighted by Crippen LogP contribution is 2.34. The number of nitrogens with zero attached hydrogens (tertiary/aromatic N) is 4. The van der Waals surface area contributed by atoms with E-state index in [0.717, 1.165) is 37.0 Å². The number of aliphatic hydroxyl groups excluding tert-OH is 1. The van der Waals surface area contributed by atoms with Crippen LogP contribution >= 0.6 is 0 Å². The summed E-state index contributed by atoms with van der Waals surface area (Å²) < 4.78 is 41.2. The number of halogens is 3. The molecular weight excluding hydrogens is 525 g/mol. The fraction of sp³-hybridized carbons (Fsp3) is 0.357. The number of alkyl halides is 3. The van der Waals surface area contributed by atoms with E-state index >= 15 is 0 Å². The maximum Gasteiger partial charge on any atom is 0.416 e. The highest BCUT2D eigenvalue weighted by Gasteiger charge is 2.31. The van der Waals surface area contributed by atoms with Crippen LogP contribution in [0.1, 0.15) is 59.5 Å². The summed E-state index contributed by atoms with van der Waals surface area (Å²) >= 11 is 0. The number of anilines is 2. The largest absolute Gasteiger partial charge is 0.475 e. The highest BCUT2D eigenvalue weighted by molar-refractivity contribution is 5.91. The van der Waals surface area contributed by atoms with E-state index in [9.17, 15) is 28.2 Å². The van der Waals surface area contributed by atoms with Crippen molar-refractivity contribution in [1.82, 2.24) is 19.5 Å². The Morgan fingerprint density at radius 1 is 1.05 bits per heavy atom. The van der Waals surface area contributed by atoms with Crippen LogP contribution in [0.4, 0.5) is 24.9 Å². The number of rotatable bonds is 10. The summed E-state index contributed by atoms with van der Waals surface area (Å²) in [6, 6.07) is 13.4. The van der Waals surface area contributed by atoms with Crippen molar-refractivity contribution < 1.29 is 28.2 Å². The molecule has 1 saturated carbocycles. The van der Waals surface area contributed by atoms with Gasteiger partial charge in [-0.05, 0) is 48.9 Å². The third-order valence-corrected chi connectivity index (χ3v) is 7.33. The highest BCUT2D eigenvalue weighted by atomic mass is 19.4. The number of fused-ring (bicyclic) bond motifs is 1. The summed E-state index contributed by atoms with van der Waals surface area (Å²) in [4.78, 5) is 24.9. The molecule has 210 valence electrons. The van der Waals surface area contributed by atoms with Crippen molar-refractivity contribution >= 4 is 28.9 Å². The monoisotopic (exact) mass is 554 g/mol. The summed E-state index contributed by atoms with van der Waals surface area (Å²) in [5.74, 6) is -0.809. The van der Waals surface area contributed by atoms with Gasteiger partial charge in [-0.25, -0.2) is 14.8 Å². The van der Waals surface area contributed by atoms with Gasteiger partial charge < -0.3 is 25.4 Å². The summed E-state index contributed by atoms with van der Waals surface area (Å²) in [5, 5.41) is 26.4. The number of hydrogen-bond acceptors (Lipinski definition) is 7. The third-order valence-electron chi connectivity index (χ3n) is 7.33. The molecule has 1 fully saturated rings. The number of nitrogens with one attached hydrogen (secondary N) is 2. The minimum Gasteiger partial charge on any atom is -0.475 e.